The van der Waals surface area contributed by atoms with Gasteiger partial charge in [0.2, 0.25) is 11.9 Å². The minimum Gasteiger partial charge on any atom is -0.359 e. The minimum atomic E-state index is -0.331. The maximum atomic E-state index is 12.6. The SMILES string of the molecule is CCN1C[C@H]2N(c3ncccn3)CCC[C@@]2(C(=O)NC)C1. The average Bonchev–Trinajstić information content (AvgIpc) is 2.94. The molecule has 1 aromatic heterocycles. The molecule has 1 N–H and O–H groups in total. The second-order valence-corrected chi connectivity index (χ2v) is 5.92. The Labute approximate surface area is 125 Å². The molecule has 0 bridgehead atoms. The Morgan fingerprint density at radius 2 is 2.24 bits per heavy atom. The van der Waals surface area contributed by atoms with Crippen LogP contribution in [0.1, 0.15) is 19.8 Å². The first-order valence-corrected chi connectivity index (χ1v) is 7.69. The number of hydrogen-bond donors (Lipinski definition) is 1. The van der Waals surface area contributed by atoms with Crippen molar-refractivity contribution in [3.63, 3.8) is 0 Å². The minimum absolute atomic E-state index is 0.157. The number of carbonyl (C=O) groups is 1. The molecular weight excluding hydrogens is 266 g/mol. The van der Waals surface area contributed by atoms with Crippen LogP contribution in [0.3, 0.4) is 0 Å². The van der Waals surface area contributed by atoms with E-state index in [-0.39, 0.29) is 17.4 Å². The fourth-order valence-electron chi connectivity index (χ4n) is 3.86. The van der Waals surface area contributed by atoms with Gasteiger partial charge in [-0.25, -0.2) is 9.97 Å². The molecule has 0 radical (unpaired) electrons. The number of hydrogen-bond acceptors (Lipinski definition) is 5. The lowest BCUT2D eigenvalue weighted by Crippen LogP contribution is -2.58. The van der Waals surface area contributed by atoms with E-state index in [2.05, 4.69) is 32.0 Å². The number of likely N-dealkylation sites (N-methyl/N-ethyl adjacent to an activating group) is 1. The van der Waals surface area contributed by atoms with Crippen LogP contribution in [0.25, 0.3) is 0 Å². The number of piperidine rings is 1. The van der Waals surface area contributed by atoms with E-state index in [4.69, 9.17) is 0 Å². The van der Waals surface area contributed by atoms with E-state index in [1.807, 2.05) is 6.07 Å². The smallest absolute Gasteiger partial charge is 0.229 e. The first-order valence-electron chi connectivity index (χ1n) is 7.69. The molecular formula is C15H23N5O. The lowest BCUT2D eigenvalue weighted by Gasteiger charge is -2.44. The van der Waals surface area contributed by atoms with Gasteiger partial charge in [-0.2, -0.15) is 0 Å². The van der Waals surface area contributed by atoms with E-state index < -0.39 is 0 Å². The lowest BCUT2D eigenvalue weighted by atomic mass is 9.74. The Kier molecular flexibility index (Phi) is 3.80. The Bertz CT molecular complexity index is 508. The number of anilines is 1. The summed E-state index contributed by atoms with van der Waals surface area (Å²) in [4.78, 5) is 26.0. The molecule has 0 aliphatic carbocycles. The molecule has 3 rings (SSSR count). The highest BCUT2D eigenvalue weighted by Gasteiger charge is 2.55. The molecule has 114 valence electrons. The zero-order valence-corrected chi connectivity index (χ0v) is 12.7. The van der Waals surface area contributed by atoms with E-state index in [1.165, 1.54) is 0 Å². The van der Waals surface area contributed by atoms with Crippen molar-refractivity contribution >= 4 is 11.9 Å². The molecule has 6 nitrogen and oxygen atoms in total. The van der Waals surface area contributed by atoms with E-state index in [0.29, 0.717) is 0 Å². The predicted molar refractivity (Wildman–Crippen MR) is 81.0 cm³/mol. The fraction of sp³-hybridized carbons (Fsp3) is 0.667. The summed E-state index contributed by atoms with van der Waals surface area (Å²) < 4.78 is 0. The second kappa shape index (κ2) is 5.60. The Hall–Kier alpha value is -1.69. The zero-order valence-electron chi connectivity index (χ0n) is 12.7. The quantitative estimate of drug-likeness (QED) is 0.879. The number of fused-ring (bicyclic) bond motifs is 1. The number of amides is 1. The van der Waals surface area contributed by atoms with Gasteiger partial charge in [-0.15, -0.1) is 0 Å². The summed E-state index contributed by atoms with van der Waals surface area (Å²) in [5.41, 5.74) is -0.331. The number of rotatable bonds is 3. The van der Waals surface area contributed by atoms with Crippen LogP contribution in [0, 0.1) is 5.41 Å². The summed E-state index contributed by atoms with van der Waals surface area (Å²) in [6.45, 7) is 5.78. The third-order valence-corrected chi connectivity index (χ3v) is 4.91. The van der Waals surface area contributed by atoms with Crippen LogP contribution >= 0.6 is 0 Å². The molecule has 2 aliphatic heterocycles. The van der Waals surface area contributed by atoms with Crippen molar-refractivity contribution in [1.29, 1.82) is 0 Å². The van der Waals surface area contributed by atoms with Crippen molar-refractivity contribution in [2.45, 2.75) is 25.8 Å². The summed E-state index contributed by atoms with van der Waals surface area (Å²) in [5, 5.41) is 2.88. The van der Waals surface area contributed by atoms with Crippen molar-refractivity contribution in [2.24, 2.45) is 5.41 Å². The molecule has 21 heavy (non-hydrogen) atoms. The Morgan fingerprint density at radius 3 is 2.90 bits per heavy atom. The largest absolute Gasteiger partial charge is 0.359 e. The molecule has 0 unspecified atom stereocenters. The molecule has 2 aliphatic rings. The maximum Gasteiger partial charge on any atom is 0.229 e. The highest BCUT2D eigenvalue weighted by molar-refractivity contribution is 5.85. The van der Waals surface area contributed by atoms with Gasteiger partial charge in [0.05, 0.1) is 11.5 Å². The number of nitrogens with zero attached hydrogens (tertiary/aromatic N) is 4. The van der Waals surface area contributed by atoms with Crippen LogP contribution in [0.4, 0.5) is 5.95 Å². The molecule has 0 spiro atoms. The first kappa shape index (κ1) is 14.3. The van der Waals surface area contributed by atoms with Gasteiger partial charge in [0.15, 0.2) is 0 Å². The standard InChI is InChI=1S/C15H23N5O/c1-3-19-10-12-15(11-19,13(21)16-2)6-4-9-20(12)14-17-7-5-8-18-14/h5,7-8,12H,3-4,6,9-11H2,1-2H3,(H,16,21)/t12-,15-/m1/s1. The first-order chi connectivity index (χ1) is 10.2. The number of aromatic nitrogens is 2. The van der Waals surface area contributed by atoms with Crippen LogP contribution in [0.15, 0.2) is 18.5 Å². The van der Waals surface area contributed by atoms with Gasteiger partial charge in [-0.05, 0) is 25.5 Å². The Morgan fingerprint density at radius 1 is 1.48 bits per heavy atom. The summed E-state index contributed by atoms with van der Waals surface area (Å²) in [5.74, 6) is 0.900. The molecule has 1 aromatic rings. The molecule has 3 heterocycles. The maximum absolute atomic E-state index is 12.6. The summed E-state index contributed by atoms with van der Waals surface area (Å²) in [6, 6.07) is 1.99. The second-order valence-electron chi connectivity index (χ2n) is 5.92. The lowest BCUT2D eigenvalue weighted by molar-refractivity contribution is -0.131. The van der Waals surface area contributed by atoms with E-state index in [0.717, 1.165) is 45.0 Å². The molecule has 2 saturated heterocycles. The molecule has 2 atom stereocenters. The predicted octanol–water partition coefficient (Wildman–Crippen LogP) is 0.513. The van der Waals surface area contributed by atoms with Gasteiger partial charge < -0.3 is 15.1 Å². The van der Waals surface area contributed by atoms with Crippen LogP contribution in [-0.4, -0.2) is 60.0 Å². The van der Waals surface area contributed by atoms with E-state index in [9.17, 15) is 4.79 Å². The van der Waals surface area contributed by atoms with Gasteiger partial charge in [0.25, 0.3) is 0 Å². The third kappa shape index (κ3) is 2.27. The number of nitrogens with one attached hydrogen (secondary N) is 1. The third-order valence-electron chi connectivity index (χ3n) is 4.91. The van der Waals surface area contributed by atoms with Crippen LogP contribution < -0.4 is 10.2 Å². The zero-order chi connectivity index (χ0) is 14.9. The van der Waals surface area contributed by atoms with Gasteiger partial charge in [0.1, 0.15) is 0 Å². The van der Waals surface area contributed by atoms with Crippen LogP contribution in [-0.2, 0) is 4.79 Å². The van der Waals surface area contributed by atoms with Crippen molar-refractivity contribution < 1.29 is 4.79 Å². The number of carbonyl (C=O) groups excluding carboxylic acids is 1. The molecule has 1 amide bonds. The Balaban J connectivity index is 1.96. The summed E-state index contributed by atoms with van der Waals surface area (Å²) in [7, 11) is 1.74. The topological polar surface area (TPSA) is 61.4 Å². The molecule has 0 aromatic carbocycles. The van der Waals surface area contributed by atoms with Crippen molar-refractivity contribution in [3.05, 3.63) is 18.5 Å². The van der Waals surface area contributed by atoms with Gasteiger partial charge in [-0.1, -0.05) is 6.92 Å². The monoisotopic (exact) mass is 289 g/mol. The van der Waals surface area contributed by atoms with Crippen molar-refractivity contribution in [1.82, 2.24) is 20.2 Å². The fourth-order valence-corrected chi connectivity index (χ4v) is 3.86. The van der Waals surface area contributed by atoms with E-state index in [1.54, 1.807) is 19.4 Å². The normalized spacial score (nSPS) is 29.2. The van der Waals surface area contributed by atoms with Gasteiger partial charge in [0, 0.05) is 39.1 Å². The van der Waals surface area contributed by atoms with Crippen LogP contribution in [0.2, 0.25) is 0 Å². The molecule has 0 saturated carbocycles. The van der Waals surface area contributed by atoms with Crippen molar-refractivity contribution in [2.75, 3.05) is 38.1 Å². The van der Waals surface area contributed by atoms with Crippen molar-refractivity contribution in [3.8, 4) is 0 Å². The molecule has 2 fully saturated rings. The van der Waals surface area contributed by atoms with E-state index >= 15 is 0 Å². The highest BCUT2D eigenvalue weighted by atomic mass is 16.2. The van der Waals surface area contributed by atoms with Gasteiger partial charge >= 0.3 is 0 Å². The summed E-state index contributed by atoms with van der Waals surface area (Å²) in [6.07, 6.45) is 5.48. The summed E-state index contributed by atoms with van der Waals surface area (Å²) >= 11 is 0. The van der Waals surface area contributed by atoms with Crippen LogP contribution in [0.5, 0.6) is 0 Å². The van der Waals surface area contributed by atoms with Gasteiger partial charge in [-0.3, -0.25) is 4.79 Å². The average molecular weight is 289 g/mol. The molecule has 6 heteroatoms. The number of likely N-dealkylation sites (tertiary alicyclic amines) is 1. The highest BCUT2D eigenvalue weighted by Crippen LogP contribution is 2.42.